The predicted molar refractivity (Wildman–Crippen MR) is 81.5 cm³/mol. The number of nitrogens with zero attached hydrogens (tertiary/aromatic N) is 6. The smallest absolute Gasteiger partial charge is 0.134 e. The first-order chi connectivity index (χ1) is 9.72. The number of anilines is 2. The molecular formula is C14H24N6. The van der Waals surface area contributed by atoms with E-state index in [0.29, 0.717) is 0 Å². The summed E-state index contributed by atoms with van der Waals surface area (Å²) >= 11 is 0. The van der Waals surface area contributed by atoms with Gasteiger partial charge in [-0.05, 0) is 14.1 Å². The fraction of sp³-hybridized carbons (Fsp3) is 0.714. The number of piperazine rings is 2. The van der Waals surface area contributed by atoms with Crippen molar-refractivity contribution in [3.05, 3.63) is 12.4 Å². The van der Waals surface area contributed by atoms with Gasteiger partial charge in [-0.1, -0.05) is 0 Å². The molecule has 3 rings (SSSR count). The summed E-state index contributed by atoms with van der Waals surface area (Å²) in [5, 5.41) is 0. The van der Waals surface area contributed by atoms with Gasteiger partial charge >= 0.3 is 0 Å². The molecule has 110 valence electrons. The molecule has 0 spiro atoms. The van der Waals surface area contributed by atoms with Crippen LogP contribution in [0.3, 0.4) is 0 Å². The van der Waals surface area contributed by atoms with Crippen molar-refractivity contribution in [2.75, 3.05) is 76.3 Å². The lowest BCUT2D eigenvalue weighted by Crippen LogP contribution is -2.46. The number of hydrogen-bond donors (Lipinski definition) is 0. The van der Waals surface area contributed by atoms with Crippen LogP contribution in [0.15, 0.2) is 12.4 Å². The van der Waals surface area contributed by atoms with Crippen LogP contribution in [0, 0.1) is 0 Å². The van der Waals surface area contributed by atoms with E-state index in [2.05, 4.69) is 49.7 Å². The van der Waals surface area contributed by atoms with Crippen LogP contribution in [-0.4, -0.2) is 86.2 Å². The van der Waals surface area contributed by atoms with E-state index in [-0.39, 0.29) is 0 Å². The molecule has 0 saturated carbocycles. The van der Waals surface area contributed by atoms with E-state index in [4.69, 9.17) is 0 Å². The molecule has 0 amide bonds. The fourth-order valence-corrected chi connectivity index (χ4v) is 2.75. The van der Waals surface area contributed by atoms with Gasteiger partial charge in [0.2, 0.25) is 0 Å². The zero-order valence-corrected chi connectivity index (χ0v) is 12.5. The van der Waals surface area contributed by atoms with Crippen LogP contribution in [0.5, 0.6) is 0 Å². The van der Waals surface area contributed by atoms with Crippen LogP contribution in [0.2, 0.25) is 0 Å². The van der Waals surface area contributed by atoms with Crippen molar-refractivity contribution in [1.82, 2.24) is 19.8 Å². The van der Waals surface area contributed by atoms with Gasteiger partial charge in [0.1, 0.15) is 18.0 Å². The lowest BCUT2D eigenvalue weighted by Gasteiger charge is -2.35. The molecule has 2 saturated heterocycles. The minimum absolute atomic E-state index is 1.05. The summed E-state index contributed by atoms with van der Waals surface area (Å²) in [6.07, 6.45) is 1.71. The Labute approximate surface area is 121 Å². The van der Waals surface area contributed by atoms with Gasteiger partial charge in [0, 0.05) is 58.4 Å². The molecule has 0 unspecified atom stereocenters. The molecule has 0 aromatic carbocycles. The maximum absolute atomic E-state index is 4.46. The molecule has 2 fully saturated rings. The van der Waals surface area contributed by atoms with Gasteiger partial charge in [0.05, 0.1) is 0 Å². The molecule has 2 aliphatic heterocycles. The quantitative estimate of drug-likeness (QED) is 0.756. The largest absolute Gasteiger partial charge is 0.354 e. The number of likely N-dealkylation sites (N-methyl/N-ethyl adjacent to an activating group) is 2. The number of hydrogen-bond acceptors (Lipinski definition) is 6. The molecule has 1 aromatic heterocycles. The maximum atomic E-state index is 4.46. The standard InChI is InChI=1S/C14H24N6/c1-17-3-7-19(8-4-17)13-11-14(16-12-15-13)20-9-5-18(2)6-10-20/h11-12H,3-10H2,1-2H3. The number of rotatable bonds is 2. The highest BCUT2D eigenvalue weighted by Gasteiger charge is 2.19. The van der Waals surface area contributed by atoms with Crippen molar-refractivity contribution in [3.8, 4) is 0 Å². The van der Waals surface area contributed by atoms with Gasteiger partial charge in [0.15, 0.2) is 0 Å². The lowest BCUT2D eigenvalue weighted by molar-refractivity contribution is 0.310. The van der Waals surface area contributed by atoms with Crippen LogP contribution < -0.4 is 9.80 Å². The summed E-state index contributed by atoms with van der Waals surface area (Å²) in [5.41, 5.74) is 0. The Bertz CT molecular complexity index is 398. The normalized spacial score (nSPS) is 22.3. The second-order valence-corrected chi connectivity index (χ2v) is 5.82. The zero-order valence-electron chi connectivity index (χ0n) is 12.5. The van der Waals surface area contributed by atoms with Crippen molar-refractivity contribution >= 4 is 11.6 Å². The summed E-state index contributed by atoms with van der Waals surface area (Å²) in [4.78, 5) is 18.4. The van der Waals surface area contributed by atoms with Gasteiger partial charge in [-0.25, -0.2) is 9.97 Å². The molecule has 3 heterocycles. The van der Waals surface area contributed by atoms with Crippen LogP contribution in [-0.2, 0) is 0 Å². The lowest BCUT2D eigenvalue weighted by atomic mass is 10.3. The van der Waals surface area contributed by atoms with Crippen LogP contribution in [0.25, 0.3) is 0 Å². The van der Waals surface area contributed by atoms with Crippen molar-refractivity contribution in [2.24, 2.45) is 0 Å². The molecule has 0 atom stereocenters. The Balaban J connectivity index is 1.69. The summed E-state index contributed by atoms with van der Waals surface area (Å²) in [5.74, 6) is 2.14. The van der Waals surface area contributed by atoms with E-state index in [1.165, 1.54) is 0 Å². The van der Waals surface area contributed by atoms with Gasteiger partial charge < -0.3 is 19.6 Å². The third kappa shape index (κ3) is 3.02. The molecule has 2 aliphatic rings. The Kier molecular flexibility index (Phi) is 4.03. The fourth-order valence-electron chi connectivity index (χ4n) is 2.75. The molecule has 0 aliphatic carbocycles. The van der Waals surface area contributed by atoms with E-state index in [1.807, 2.05) is 0 Å². The highest BCUT2D eigenvalue weighted by atomic mass is 15.3. The van der Waals surface area contributed by atoms with E-state index in [9.17, 15) is 0 Å². The molecule has 1 aromatic rings. The molecule has 0 N–H and O–H groups in total. The van der Waals surface area contributed by atoms with Crippen LogP contribution >= 0.6 is 0 Å². The highest BCUT2D eigenvalue weighted by Crippen LogP contribution is 2.19. The first-order valence-corrected chi connectivity index (χ1v) is 7.41. The molecule has 0 radical (unpaired) electrons. The minimum atomic E-state index is 1.05. The Hall–Kier alpha value is -1.40. The van der Waals surface area contributed by atoms with Crippen molar-refractivity contribution in [2.45, 2.75) is 0 Å². The van der Waals surface area contributed by atoms with E-state index < -0.39 is 0 Å². The van der Waals surface area contributed by atoms with Crippen LogP contribution in [0.1, 0.15) is 0 Å². The SMILES string of the molecule is CN1CCN(c2cc(N3CCN(C)CC3)ncn2)CC1. The monoisotopic (exact) mass is 276 g/mol. The van der Waals surface area contributed by atoms with E-state index in [1.54, 1.807) is 6.33 Å². The average molecular weight is 276 g/mol. The Morgan fingerprint density at radius 2 is 1.10 bits per heavy atom. The van der Waals surface area contributed by atoms with Crippen LogP contribution in [0.4, 0.5) is 11.6 Å². The van der Waals surface area contributed by atoms with E-state index >= 15 is 0 Å². The first-order valence-electron chi connectivity index (χ1n) is 7.41. The third-order valence-corrected chi connectivity index (χ3v) is 4.29. The molecule has 0 bridgehead atoms. The topological polar surface area (TPSA) is 38.7 Å². The van der Waals surface area contributed by atoms with Crippen molar-refractivity contribution < 1.29 is 0 Å². The van der Waals surface area contributed by atoms with Gasteiger partial charge in [-0.2, -0.15) is 0 Å². The summed E-state index contributed by atoms with van der Waals surface area (Å²) in [6, 6.07) is 2.15. The molecule has 20 heavy (non-hydrogen) atoms. The number of aromatic nitrogens is 2. The van der Waals surface area contributed by atoms with E-state index in [0.717, 1.165) is 64.0 Å². The second-order valence-electron chi connectivity index (χ2n) is 5.82. The molecular weight excluding hydrogens is 252 g/mol. The zero-order chi connectivity index (χ0) is 13.9. The predicted octanol–water partition coefficient (Wildman–Crippen LogP) is -0.0198. The Morgan fingerprint density at radius 1 is 0.700 bits per heavy atom. The molecule has 6 nitrogen and oxygen atoms in total. The Morgan fingerprint density at radius 3 is 1.50 bits per heavy atom. The van der Waals surface area contributed by atoms with Gasteiger partial charge in [-0.3, -0.25) is 0 Å². The summed E-state index contributed by atoms with van der Waals surface area (Å²) < 4.78 is 0. The maximum Gasteiger partial charge on any atom is 0.134 e. The summed E-state index contributed by atoms with van der Waals surface area (Å²) in [7, 11) is 4.35. The average Bonchev–Trinajstić information content (AvgIpc) is 2.49. The van der Waals surface area contributed by atoms with Crippen molar-refractivity contribution in [1.29, 1.82) is 0 Å². The summed E-state index contributed by atoms with van der Waals surface area (Å²) in [6.45, 7) is 8.63. The van der Waals surface area contributed by atoms with Gasteiger partial charge in [-0.15, -0.1) is 0 Å². The minimum Gasteiger partial charge on any atom is -0.354 e. The molecule has 6 heteroatoms. The highest BCUT2D eigenvalue weighted by molar-refractivity contribution is 5.50. The first kappa shape index (κ1) is 13.6. The van der Waals surface area contributed by atoms with Crippen molar-refractivity contribution in [3.63, 3.8) is 0 Å². The van der Waals surface area contributed by atoms with Gasteiger partial charge in [0.25, 0.3) is 0 Å². The second kappa shape index (κ2) is 5.93. The third-order valence-electron chi connectivity index (χ3n) is 4.29.